The van der Waals surface area contributed by atoms with Crippen molar-refractivity contribution in [3.8, 4) is 0 Å². The fourth-order valence-corrected chi connectivity index (χ4v) is 6.37. The van der Waals surface area contributed by atoms with Gasteiger partial charge in [0.2, 0.25) is 0 Å². The molecule has 0 radical (unpaired) electrons. The van der Waals surface area contributed by atoms with E-state index in [1.165, 1.54) is 25.2 Å². The predicted octanol–water partition coefficient (Wildman–Crippen LogP) is 1.26. The molecule has 8 atom stereocenters. The second kappa shape index (κ2) is 4.91. The number of hydrogen-bond acceptors (Lipinski definition) is 5. The van der Waals surface area contributed by atoms with Crippen LogP contribution < -0.4 is 0 Å². The highest BCUT2D eigenvalue weighted by molar-refractivity contribution is 6.01. The normalized spacial score (nSPS) is 55.9. The molecule has 0 aromatic rings. The average Bonchev–Trinajstić information content (AvgIpc) is 2.73. The summed E-state index contributed by atoms with van der Waals surface area (Å²) < 4.78 is 16.7. The van der Waals surface area contributed by atoms with Crippen molar-refractivity contribution < 1.29 is 29.3 Å². The molecule has 0 spiro atoms. The number of allylic oxidation sites excluding steroid dienone is 3. The van der Waals surface area contributed by atoms with Crippen LogP contribution in [0, 0.1) is 22.7 Å². The van der Waals surface area contributed by atoms with E-state index in [4.69, 9.17) is 0 Å². The summed E-state index contributed by atoms with van der Waals surface area (Å²) in [4.78, 5) is 24.6. The number of aliphatic hydroxyl groups excluding tert-OH is 2. The molecule has 0 unspecified atom stereocenters. The Morgan fingerprint density at radius 3 is 2.42 bits per heavy atom. The largest absolute Gasteiger partial charge is 0.390 e. The summed E-state index contributed by atoms with van der Waals surface area (Å²) in [5.74, 6) is -1.97. The number of rotatable bonds is 0. The van der Waals surface area contributed by atoms with Crippen LogP contribution in [0.4, 0.5) is 4.39 Å². The number of ketones is 2. The van der Waals surface area contributed by atoms with Crippen molar-refractivity contribution in [1.82, 2.24) is 0 Å². The minimum atomic E-state index is -2.12. The maximum atomic E-state index is 16.7. The fourth-order valence-electron chi connectivity index (χ4n) is 6.37. The first-order chi connectivity index (χ1) is 11.9. The molecule has 4 aliphatic carbocycles. The molecular weight excluding hydrogens is 339 g/mol. The summed E-state index contributed by atoms with van der Waals surface area (Å²) in [5, 5.41) is 32.1. The van der Waals surface area contributed by atoms with Crippen molar-refractivity contribution in [3.63, 3.8) is 0 Å². The van der Waals surface area contributed by atoms with Crippen LogP contribution in [-0.4, -0.2) is 50.4 Å². The Morgan fingerprint density at radius 2 is 1.77 bits per heavy atom. The maximum absolute atomic E-state index is 16.7. The Hall–Kier alpha value is -1.37. The van der Waals surface area contributed by atoms with Crippen LogP contribution in [-0.2, 0) is 9.59 Å². The molecule has 6 heteroatoms. The molecule has 5 nitrogen and oxygen atoms in total. The molecule has 4 rings (SSSR count). The summed E-state index contributed by atoms with van der Waals surface area (Å²) in [6.07, 6.45) is 1.55. The molecule has 0 aromatic heterocycles. The molecule has 26 heavy (non-hydrogen) atoms. The van der Waals surface area contributed by atoms with E-state index in [0.717, 1.165) is 0 Å². The molecule has 0 heterocycles. The molecule has 3 fully saturated rings. The topological polar surface area (TPSA) is 94.8 Å². The van der Waals surface area contributed by atoms with E-state index in [0.29, 0.717) is 0 Å². The lowest BCUT2D eigenvalue weighted by atomic mass is 9.45. The molecular formula is C20H25FO5. The molecule has 3 N–H and O–H groups in total. The minimum absolute atomic E-state index is 0.0136. The Morgan fingerprint density at radius 1 is 1.12 bits per heavy atom. The van der Waals surface area contributed by atoms with E-state index in [1.54, 1.807) is 13.8 Å². The van der Waals surface area contributed by atoms with Gasteiger partial charge in [-0.05, 0) is 56.8 Å². The van der Waals surface area contributed by atoms with Crippen LogP contribution in [0.15, 0.2) is 23.8 Å². The first-order valence-electron chi connectivity index (χ1n) is 9.15. The molecule has 0 saturated heterocycles. The van der Waals surface area contributed by atoms with Crippen LogP contribution in [0.3, 0.4) is 0 Å². The molecule has 4 aliphatic rings. The van der Waals surface area contributed by atoms with Crippen molar-refractivity contribution in [3.05, 3.63) is 23.8 Å². The van der Waals surface area contributed by atoms with Gasteiger partial charge in [0.05, 0.1) is 12.2 Å². The third kappa shape index (κ3) is 1.85. The van der Waals surface area contributed by atoms with Gasteiger partial charge in [0.1, 0.15) is 5.60 Å². The Balaban J connectivity index is 1.89. The van der Waals surface area contributed by atoms with Gasteiger partial charge in [-0.3, -0.25) is 9.59 Å². The Bertz CT molecular complexity index is 770. The van der Waals surface area contributed by atoms with Crippen molar-refractivity contribution in [1.29, 1.82) is 0 Å². The maximum Gasteiger partial charge on any atom is 0.178 e. The SMILES string of the molecule is C[C@]12C=CC(=O)C=C1[C@H](O)C[C@H]1[C@@H]3C[C@@](C)(O)C(=O)[C@@]3(C)C[C@H](O)[C@@]12F. The summed E-state index contributed by atoms with van der Waals surface area (Å²) in [6.45, 7) is 4.72. The first-order valence-corrected chi connectivity index (χ1v) is 9.15. The van der Waals surface area contributed by atoms with Crippen LogP contribution >= 0.6 is 0 Å². The Labute approximate surface area is 151 Å². The van der Waals surface area contributed by atoms with E-state index in [9.17, 15) is 24.9 Å². The average molecular weight is 364 g/mol. The highest BCUT2D eigenvalue weighted by atomic mass is 19.1. The second-order valence-corrected chi connectivity index (χ2v) is 9.21. The molecule has 0 aromatic carbocycles. The third-order valence-electron chi connectivity index (χ3n) is 7.68. The molecule has 3 saturated carbocycles. The van der Waals surface area contributed by atoms with Crippen LogP contribution in [0.5, 0.6) is 0 Å². The van der Waals surface area contributed by atoms with E-state index >= 15 is 4.39 Å². The summed E-state index contributed by atoms with van der Waals surface area (Å²) in [5.41, 5.74) is -5.77. The smallest absolute Gasteiger partial charge is 0.178 e. The Kier molecular flexibility index (Phi) is 3.40. The third-order valence-corrected chi connectivity index (χ3v) is 7.68. The lowest BCUT2D eigenvalue weighted by Crippen LogP contribution is -2.68. The van der Waals surface area contributed by atoms with Gasteiger partial charge in [-0.25, -0.2) is 4.39 Å². The van der Waals surface area contributed by atoms with E-state index in [-0.39, 0.29) is 36.4 Å². The second-order valence-electron chi connectivity index (χ2n) is 9.21. The zero-order chi connectivity index (χ0) is 19.3. The van der Waals surface area contributed by atoms with Gasteiger partial charge >= 0.3 is 0 Å². The highest BCUT2D eigenvalue weighted by Crippen LogP contribution is 2.67. The van der Waals surface area contributed by atoms with E-state index < -0.39 is 46.1 Å². The van der Waals surface area contributed by atoms with Gasteiger partial charge in [0, 0.05) is 16.7 Å². The quantitative estimate of drug-likeness (QED) is 0.602. The van der Waals surface area contributed by atoms with Gasteiger partial charge in [-0.2, -0.15) is 0 Å². The zero-order valence-electron chi connectivity index (χ0n) is 15.2. The molecule has 0 aliphatic heterocycles. The van der Waals surface area contributed by atoms with E-state index in [1.807, 2.05) is 0 Å². The van der Waals surface area contributed by atoms with Gasteiger partial charge in [0.15, 0.2) is 17.2 Å². The van der Waals surface area contributed by atoms with Crippen molar-refractivity contribution >= 4 is 11.6 Å². The minimum Gasteiger partial charge on any atom is -0.390 e. The van der Waals surface area contributed by atoms with Crippen LogP contribution in [0.1, 0.15) is 40.0 Å². The summed E-state index contributed by atoms with van der Waals surface area (Å²) in [7, 11) is 0. The van der Waals surface area contributed by atoms with Gasteiger partial charge in [-0.1, -0.05) is 13.0 Å². The lowest BCUT2D eigenvalue weighted by molar-refractivity contribution is -0.200. The number of Topliss-reactive ketones (excluding diaryl/α,β-unsaturated/α-hetero) is 1. The summed E-state index contributed by atoms with van der Waals surface area (Å²) in [6, 6.07) is 0. The van der Waals surface area contributed by atoms with Crippen LogP contribution in [0.25, 0.3) is 0 Å². The van der Waals surface area contributed by atoms with Crippen molar-refractivity contribution in [2.24, 2.45) is 22.7 Å². The van der Waals surface area contributed by atoms with Gasteiger partial charge in [-0.15, -0.1) is 0 Å². The number of carbonyl (C=O) groups is 2. The number of carbonyl (C=O) groups excluding carboxylic acids is 2. The number of fused-ring (bicyclic) bond motifs is 5. The number of alkyl halides is 1. The molecule has 0 bridgehead atoms. The molecule has 142 valence electrons. The van der Waals surface area contributed by atoms with Crippen molar-refractivity contribution in [2.45, 2.75) is 63.5 Å². The van der Waals surface area contributed by atoms with Gasteiger partial charge in [0.25, 0.3) is 0 Å². The standard InChI is InChI=1S/C20H25FO5/c1-17-9-15(24)20(21)11(13(17)8-19(3,26)16(17)25)7-14(23)12-6-10(22)4-5-18(12,20)2/h4-6,11,13-15,23-24,26H,7-9H2,1-3H3/t11-,13-,14+,15-,17-,18-,19+,20-/m0/s1. The van der Waals surface area contributed by atoms with Gasteiger partial charge < -0.3 is 15.3 Å². The monoisotopic (exact) mass is 364 g/mol. The number of halogens is 1. The van der Waals surface area contributed by atoms with Crippen molar-refractivity contribution in [2.75, 3.05) is 0 Å². The lowest BCUT2D eigenvalue weighted by Gasteiger charge is -2.61. The van der Waals surface area contributed by atoms with E-state index in [2.05, 4.69) is 0 Å². The number of hydrogen-bond donors (Lipinski definition) is 3. The zero-order valence-corrected chi connectivity index (χ0v) is 15.2. The predicted molar refractivity (Wildman–Crippen MR) is 90.8 cm³/mol. The first kappa shape index (κ1) is 18.0. The number of aliphatic hydroxyl groups is 3. The summed E-state index contributed by atoms with van der Waals surface area (Å²) >= 11 is 0. The van der Waals surface area contributed by atoms with Crippen LogP contribution in [0.2, 0.25) is 0 Å². The molecule has 0 amide bonds. The highest BCUT2D eigenvalue weighted by Gasteiger charge is 2.74. The fraction of sp³-hybridized carbons (Fsp3) is 0.700.